The van der Waals surface area contributed by atoms with Crippen LogP contribution in [0.4, 0.5) is 0 Å². The van der Waals surface area contributed by atoms with Crippen LogP contribution < -0.4 is 28.7 Å². The summed E-state index contributed by atoms with van der Waals surface area (Å²) in [4.78, 5) is 0. The van der Waals surface area contributed by atoms with Crippen LogP contribution in [0.3, 0.4) is 0 Å². The van der Waals surface area contributed by atoms with Gasteiger partial charge in [-0.05, 0) is 19.3 Å². The molecule has 1 aliphatic carbocycles. The number of hydrogen-bond donors (Lipinski definition) is 9. The highest BCUT2D eigenvalue weighted by atomic mass is 16.7. The zero-order valence-electron chi connectivity index (χ0n) is 17.3. The average molecular weight is 452 g/mol. The van der Waals surface area contributed by atoms with Gasteiger partial charge < -0.3 is 68.0 Å². The van der Waals surface area contributed by atoms with Crippen molar-refractivity contribution >= 4 is 0 Å². The second-order valence-corrected chi connectivity index (χ2v) is 8.64. The zero-order chi connectivity index (χ0) is 22.9. The Kier molecular flexibility index (Phi) is 8.59. The Morgan fingerprint density at radius 3 is 1.97 bits per heavy atom. The summed E-state index contributed by atoms with van der Waals surface area (Å²) in [5.41, 5.74) is 30.0. The van der Waals surface area contributed by atoms with E-state index in [9.17, 15) is 20.4 Å². The van der Waals surface area contributed by atoms with E-state index in [4.69, 9.17) is 47.6 Å². The third kappa shape index (κ3) is 5.35. The molecule has 13 nitrogen and oxygen atoms in total. The lowest BCUT2D eigenvalue weighted by molar-refractivity contribution is -0.313. The normalized spacial score (nSPS) is 51.6. The van der Waals surface area contributed by atoms with Crippen LogP contribution in [0.25, 0.3) is 0 Å². The minimum atomic E-state index is -1.41. The molecule has 2 aliphatic heterocycles. The van der Waals surface area contributed by atoms with Crippen molar-refractivity contribution in [3.8, 4) is 0 Å². The summed E-state index contributed by atoms with van der Waals surface area (Å²) in [5, 5.41) is 40.7. The fourth-order valence-corrected chi connectivity index (χ4v) is 4.36. The minimum absolute atomic E-state index is 0.204. The van der Waals surface area contributed by atoms with Gasteiger partial charge in [-0.15, -0.1) is 0 Å². The van der Waals surface area contributed by atoms with Crippen molar-refractivity contribution in [1.29, 1.82) is 0 Å². The third-order valence-corrected chi connectivity index (χ3v) is 6.34. The van der Waals surface area contributed by atoms with E-state index >= 15 is 0 Å². The van der Waals surface area contributed by atoms with E-state index in [1.807, 2.05) is 0 Å². The van der Waals surface area contributed by atoms with Gasteiger partial charge in [0.15, 0.2) is 12.6 Å². The van der Waals surface area contributed by atoms with Gasteiger partial charge in [-0.1, -0.05) is 0 Å². The molecule has 0 spiro atoms. The van der Waals surface area contributed by atoms with Crippen molar-refractivity contribution in [2.75, 3.05) is 13.2 Å². The van der Waals surface area contributed by atoms with Gasteiger partial charge in [0.1, 0.15) is 36.6 Å². The van der Waals surface area contributed by atoms with Gasteiger partial charge in [0.25, 0.3) is 0 Å². The number of aliphatic hydroxyl groups excluding tert-OH is 4. The molecule has 3 aliphatic rings. The summed E-state index contributed by atoms with van der Waals surface area (Å²) in [7, 11) is 0. The second kappa shape index (κ2) is 10.6. The highest BCUT2D eigenvalue weighted by Crippen LogP contribution is 2.30. The van der Waals surface area contributed by atoms with Crippen LogP contribution in [0.5, 0.6) is 0 Å². The van der Waals surface area contributed by atoms with Crippen LogP contribution in [0.2, 0.25) is 0 Å². The molecule has 2 saturated heterocycles. The van der Waals surface area contributed by atoms with Gasteiger partial charge in [-0.25, -0.2) is 0 Å². The van der Waals surface area contributed by atoms with E-state index in [2.05, 4.69) is 0 Å². The fourth-order valence-electron chi connectivity index (χ4n) is 4.36. The van der Waals surface area contributed by atoms with E-state index in [-0.39, 0.29) is 12.5 Å². The van der Waals surface area contributed by atoms with E-state index in [0.29, 0.717) is 19.4 Å². The molecule has 14 N–H and O–H groups in total. The van der Waals surface area contributed by atoms with Crippen LogP contribution in [0.15, 0.2) is 0 Å². The molecule has 0 amide bonds. The Morgan fingerprint density at radius 1 is 0.774 bits per heavy atom. The maximum atomic E-state index is 11.0. The van der Waals surface area contributed by atoms with Gasteiger partial charge in [-0.3, -0.25) is 0 Å². The van der Waals surface area contributed by atoms with Crippen molar-refractivity contribution in [1.82, 2.24) is 0 Å². The standard InChI is InChI=1S/C18H37N5O8/c19-4-6-1-2-7(20)17(28-6)30-15-8(21)3-9(22)16(14(15)27)31-18-13(26)11(23)12(25)10(5-24)29-18/h6-18,24-27H,1-5,19-23H2/t6?,7?,8-,9+,10?,11-,12+,13?,14?,15?,16-,17+,18+/m0/s1. The Hall–Kier alpha value is -0.520. The Labute approximate surface area is 180 Å². The predicted octanol–water partition coefficient (Wildman–Crippen LogP) is -5.27. The van der Waals surface area contributed by atoms with Crippen LogP contribution in [-0.4, -0.2) is 113 Å². The fraction of sp³-hybridized carbons (Fsp3) is 1.00. The van der Waals surface area contributed by atoms with E-state index < -0.39 is 80.0 Å². The maximum Gasteiger partial charge on any atom is 0.186 e. The highest BCUT2D eigenvalue weighted by Gasteiger charge is 2.49. The maximum absolute atomic E-state index is 11.0. The molecule has 0 aromatic heterocycles. The number of aliphatic hydroxyl groups is 4. The Morgan fingerprint density at radius 2 is 1.39 bits per heavy atom. The molecule has 3 fully saturated rings. The van der Waals surface area contributed by atoms with Gasteiger partial charge in [0, 0.05) is 18.6 Å². The van der Waals surface area contributed by atoms with Crippen LogP contribution in [0.1, 0.15) is 19.3 Å². The predicted molar refractivity (Wildman–Crippen MR) is 107 cm³/mol. The lowest BCUT2D eigenvalue weighted by Crippen LogP contribution is -2.68. The molecule has 0 aromatic carbocycles. The first-order chi connectivity index (χ1) is 14.7. The first kappa shape index (κ1) is 25.1. The largest absolute Gasteiger partial charge is 0.394 e. The van der Waals surface area contributed by atoms with Crippen molar-refractivity contribution < 1.29 is 39.4 Å². The Bertz CT molecular complexity index is 577. The monoisotopic (exact) mass is 451 g/mol. The van der Waals surface area contributed by atoms with E-state index in [0.717, 1.165) is 0 Å². The molecule has 0 aromatic rings. The minimum Gasteiger partial charge on any atom is -0.394 e. The number of ether oxygens (including phenoxy) is 4. The summed E-state index contributed by atoms with van der Waals surface area (Å²) in [6.07, 6.45) is -7.72. The molecule has 182 valence electrons. The molecule has 13 atom stereocenters. The summed E-state index contributed by atoms with van der Waals surface area (Å²) in [6, 6.07) is -2.85. The average Bonchev–Trinajstić information content (AvgIpc) is 2.75. The summed E-state index contributed by atoms with van der Waals surface area (Å²) >= 11 is 0. The van der Waals surface area contributed by atoms with Gasteiger partial charge in [-0.2, -0.15) is 0 Å². The van der Waals surface area contributed by atoms with Crippen molar-refractivity contribution in [3.05, 3.63) is 0 Å². The molecular weight excluding hydrogens is 414 g/mol. The first-order valence-corrected chi connectivity index (χ1v) is 10.7. The molecule has 3 rings (SSSR count). The molecular formula is C18H37N5O8. The van der Waals surface area contributed by atoms with Gasteiger partial charge in [0.05, 0.1) is 24.8 Å². The SMILES string of the molecule is NCC1CCC(N)[C@@H](OC2C(O)[C@@H](O[C@H]3OC(CO)[C@@H](O)[C@H](N)C3O)[C@H](N)C[C@@H]2N)O1. The van der Waals surface area contributed by atoms with Gasteiger partial charge >= 0.3 is 0 Å². The van der Waals surface area contributed by atoms with Crippen LogP contribution >= 0.6 is 0 Å². The topological polar surface area (TPSA) is 248 Å². The number of hydrogen-bond acceptors (Lipinski definition) is 13. The zero-order valence-corrected chi connectivity index (χ0v) is 17.3. The van der Waals surface area contributed by atoms with Crippen LogP contribution in [-0.2, 0) is 18.9 Å². The molecule has 13 heteroatoms. The van der Waals surface area contributed by atoms with Crippen molar-refractivity contribution in [2.24, 2.45) is 28.7 Å². The first-order valence-electron chi connectivity index (χ1n) is 10.7. The number of nitrogens with two attached hydrogens (primary N) is 5. The summed E-state index contributed by atoms with van der Waals surface area (Å²) < 4.78 is 23.0. The van der Waals surface area contributed by atoms with Crippen molar-refractivity contribution in [2.45, 2.75) is 98.7 Å². The molecule has 1 saturated carbocycles. The summed E-state index contributed by atoms with van der Waals surface area (Å²) in [6.45, 7) is -0.214. The van der Waals surface area contributed by atoms with Crippen molar-refractivity contribution in [3.63, 3.8) is 0 Å². The van der Waals surface area contributed by atoms with Crippen LogP contribution in [0, 0.1) is 0 Å². The molecule has 31 heavy (non-hydrogen) atoms. The summed E-state index contributed by atoms with van der Waals surface area (Å²) in [5.74, 6) is 0. The second-order valence-electron chi connectivity index (χ2n) is 8.64. The smallest absolute Gasteiger partial charge is 0.186 e. The van der Waals surface area contributed by atoms with E-state index in [1.165, 1.54) is 0 Å². The quantitative estimate of drug-likeness (QED) is 0.183. The molecule has 2 heterocycles. The van der Waals surface area contributed by atoms with E-state index in [1.54, 1.807) is 0 Å². The van der Waals surface area contributed by atoms with Gasteiger partial charge in [0.2, 0.25) is 0 Å². The Balaban J connectivity index is 1.69. The molecule has 6 unspecified atom stereocenters. The third-order valence-electron chi connectivity index (χ3n) is 6.34. The lowest BCUT2D eigenvalue weighted by atomic mass is 9.84. The number of rotatable bonds is 6. The highest BCUT2D eigenvalue weighted by molar-refractivity contribution is 5.00. The molecule has 0 radical (unpaired) electrons. The molecule has 0 bridgehead atoms. The lowest BCUT2D eigenvalue weighted by Gasteiger charge is -2.47.